The summed E-state index contributed by atoms with van der Waals surface area (Å²) in [5, 5.41) is 9.11. The van der Waals surface area contributed by atoms with Crippen molar-refractivity contribution in [2.75, 3.05) is 6.54 Å². The molecule has 0 bridgehead atoms. The SMILES string of the molecule is O=C1C=CC(=O)N1CC1CCC(C(=O)O)(S(=O)(=O)O)CC1. The average Bonchev–Trinajstić information content (AvgIpc) is 2.70. The lowest BCUT2D eigenvalue weighted by Gasteiger charge is -2.35. The van der Waals surface area contributed by atoms with Crippen molar-refractivity contribution in [1.29, 1.82) is 0 Å². The molecule has 0 saturated heterocycles. The van der Waals surface area contributed by atoms with Gasteiger partial charge in [0, 0.05) is 18.7 Å². The Kier molecular flexibility index (Phi) is 3.89. The first-order valence-electron chi connectivity index (χ1n) is 6.41. The van der Waals surface area contributed by atoms with Crippen LogP contribution in [0.5, 0.6) is 0 Å². The number of rotatable bonds is 4. The van der Waals surface area contributed by atoms with Crippen molar-refractivity contribution in [3.63, 3.8) is 0 Å². The van der Waals surface area contributed by atoms with E-state index < -0.39 is 32.6 Å². The number of hydrogen-bond acceptors (Lipinski definition) is 5. The predicted molar refractivity (Wildman–Crippen MR) is 69.7 cm³/mol. The van der Waals surface area contributed by atoms with Gasteiger partial charge in [0.2, 0.25) is 0 Å². The smallest absolute Gasteiger partial charge is 0.327 e. The van der Waals surface area contributed by atoms with Gasteiger partial charge < -0.3 is 5.11 Å². The minimum absolute atomic E-state index is 0.131. The fraction of sp³-hybridized carbons (Fsp3) is 0.583. The van der Waals surface area contributed by atoms with Crippen LogP contribution in [0, 0.1) is 5.92 Å². The van der Waals surface area contributed by atoms with Crippen molar-refractivity contribution in [1.82, 2.24) is 4.90 Å². The largest absolute Gasteiger partial charge is 0.480 e. The highest BCUT2D eigenvalue weighted by molar-refractivity contribution is 7.88. The normalized spacial score (nSPS) is 30.0. The molecule has 2 aliphatic rings. The van der Waals surface area contributed by atoms with Crippen LogP contribution in [0.15, 0.2) is 12.2 Å². The van der Waals surface area contributed by atoms with Crippen LogP contribution in [0.3, 0.4) is 0 Å². The fourth-order valence-electron chi connectivity index (χ4n) is 2.78. The van der Waals surface area contributed by atoms with E-state index in [0.29, 0.717) is 0 Å². The average molecular weight is 317 g/mol. The predicted octanol–water partition coefficient (Wildman–Crippen LogP) is -0.187. The van der Waals surface area contributed by atoms with Crippen LogP contribution in [0.25, 0.3) is 0 Å². The van der Waals surface area contributed by atoms with Gasteiger partial charge in [0.15, 0.2) is 4.75 Å². The second-order valence-electron chi connectivity index (χ2n) is 5.34. The van der Waals surface area contributed by atoms with Crippen LogP contribution >= 0.6 is 0 Å². The summed E-state index contributed by atoms with van der Waals surface area (Å²) in [6, 6.07) is 0. The molecule has 1 heterocycles. The minimum Gasteiger partial charge on any atom is -0.480 e. The number of carboxylic acids is 1. The van der Waals surface area contributed by atoms with Crippen LogP contribution in [-0.4, -0.2) is 52.1 Å². The van der Waals surface area contributed by atoms with Gasteiger partial charge in [-0.2, -0.15) is 8.42 Å². The Bertz CT molecular complexity index is 596. The molecule has 8 nitrogen and oxygen atoms in total. The second-order valence-corrected chi connectivity index (χ2v) is 7.07. The van der Waals surface area contributed by atoms with Crippen LogP contribution in [0.1, 0.15) is 25.7 Å². The molecule has 0 spiro atoms. The number of hydrogen-bond donors (Lipinski definition) is 2. The monoisotopic (exact) mass is 317 g/mol. The fourth-order valence-corrected chi connectivity index (χ4v) is 3.75. The number of carboxylic acid groups (broad SMARTS) is 1. The van der Waals surface area contributed by atoms with Gasteiger partial charge in [-0.3, -0.25) is 23.8 Å². The highest BCUT2D eigenvalue weighted by atomic mass is 32.2. The molecule has 9 heteroatoms. The van der Waals surface area contributed by atoms with Gasteiger partial charge in [0.25, 0.3) is 21.9 Å². The number of nitrogens with zero attached hydrogens (tertiary/aromatic N) is 1. The van der Waals surface area contributed by atoms with Crippen molar-refractivity contribution < 1.29 is 32.5 Å². The first-order valence-corrected chi connectivity index (χ1v) is 7.85. The lowest BCUT2D eigenvalue weighted by molar-refractivity contribution is -0.143. The van der Waals surface area contributed by atoms with Crippen LogP contribution < -0.4 is 0 Å². The van der Waals surface area contributed by atoms with Gasteiger partial charge in [0.05, 0.1) is 0 Å². The van der Waals surface area contributed by atoms with E-state index in [2.05, 4.69) is 0 Å². The van der Waals surface area contributed by atoms with Gasteiger partial charge in [-0.25, -0.2) is 0 Å². The number of imide groups is 1. The van der Waals surface area contributed by atoms with E-state index >= 15 is 0 Å². The molecule has 1 fully saturated rings. The Hall–Kier alpha value is -1.74. The maximum atomic E-state index is 11.4. The molecular weight excluding hydrogens is 302 g/mol. The molecule has 0 aromatic heterocycles. The molecule has 1 aliphatic heterocycles. The van der Waals surface area contributed by atoms with E-state index in [1.54, 1.807) is 0 Å². The summed E-state index contributed by atoms with van der Waals surface area (Å²) in [6.07, 6.45) is 2.23. The first-order chi connectivity index (χ1) is 9.67. The zero-order valence-electron chi connectivity index (χ0n) is 11.1. The van der Waals surface area contributed by atoms with Crippen molar-refractivity contribution in [3.8, 4) is 0 Å². The van der Waals surface area contributed by atoms with E-state index in [1.807, 2.05) is 0 Å². The molecule has 116 valence electrons. The molecule has 2 amide bonds. The maximum absolute atomic E-state index is 11.4. The maximum Gasteiger partial charge on any atom is 0.327 e. The number of aliphatic carboxylic acids is 1. The van der Waals surface area contributed by atoms with E-state index in [9.17, 15) is 27.4 Å². The molecule has 0 radical (unpaired) electrons. The molecule has 0 atom stereocenters. The van der Waals surface area contributed by atoms with E-state index in [4.69, 9.17) is 5.11 Å². The lowest BCUT2D eigenvalue weighted by Crippen LogP contribution is -2.50. The molecule has 1 aliphatic carbocycles. The van der Waals surface area contributed by atoms with Crippen LogP contribution in [0.4, 0.5) is 0 Å². The molecule has 0 aromatic carbocycles. The number of carbonyl (C=O) groups excluding carboxylic acids is 2. The molecule has 1 saturated carbocycles. The highest BCUT2D eigenvalue weighted by Gasteiger charge is 2.52. The minimum atomic E-state index is -4.72. The summed E-state index contributed by atoms with van der Waals surface area (Å²) in [4.78, 5) is 35.1. The third-order valence-corrected chi connectivity index (χ3v) is 5.71. The van der Waals surface area contributed by atoms with Gasteiger partial charge in [-0.15, -0.1) is 0 Å². The van der Waals surface area contributed by atoms with E-state index in [0.717, 1.165) is 17.1 Å². The topological polar surface area (TPSA) is 129 Å². The lowest BCUT2D eigenvalue weighted by atomic mass is 9.81. The quantitative estimate of drug-likeness (QED) is 0.543. The molecular formula is C12H15NO7S. The molecule has 0 aromatic rings. The summed E-state index contributed by atoms with van der Waals surface area (Å²) in [7, 11) is -4.72. The third-order valence-electron chi connectivity index (χ3n) is 4.14. The van der Waals surface area contributed by atoms with E-state index in [1.165, 1.54) is 0 Å². The van der Waals surface area contributed by atoms with Gasteiger partial charge in [0.1, 0.15) is 0 Å². The van der Waals surface area contributed by atoms with Crippen molar-refractivity contribution in [3.05, 3.63) is 12.2 Å². The summed E-state index contributed by atoms with van der Waals surface area (Å²) in [5.74, 6) is -2.60. The second kappa shape index (κ2) is 5.23. The molecule has 2 rings (SSSR count). The third kappa shape index (κ3) is 2.70. The van der Waals surface area contributed by atoms with Crippen LogP contribution in [-0.2, 0) is 24.5 Å². The Balaban J connectivity index is 2.05. The first kappa shape index (κ1) is 15.6. The van der Waals surface area contributed by atoms with Gasteiger partial charge >= 0.3 is 5.97 Å². The Morgan fingerprint density at radius 3 is 2.10 bits per heavy atom. The molecule has 2 N–H and O–H groups in total. The van der Waals surface area contributed by atoms with Gasteiger partial charge in [-0.05, 0) is 31.6 Å². The van der Waals surface area contributed by atoms with Crippen molar-refractivity contribution >= 4 is 27.9 Å². The zero-order chi connectivity index (χ0) is 15.8. The Labute approximate surface area is 121 Å². The van der Waals surface area contributed by atoms with Gasteiger partial charge in [-0.1, -0.05) is 0 Å². The summed E-state index contributed by atoms with van der Waals surface area (Å²) in [6.45, 7) is 0.131. The number of amides is 2. The summed E-state index contributed by atoms with van der Waals surface area (Å²) >= 11 is 0. The zero-order valence-corrected chi connectivity index (χ0v) is 11.9. The highest BCUT2D eigenvalue weighted by Crippen LogP contribution is 2.38. The van der Waals surface area contributed by atoms with E-state index in [-0.39, 0.29) is 38.1 Å². The Morgan fingerprint density at radius 2 is 1.71 bits per heavy atom. The summed E-state index contributed by atoms with van der Waals surface area (Å²) < 4.78 is 29.7. The van der Waals surface area contributed by atoms with Crippen molar-refractivity contribution in [2.45, 2.75) is 30.4 Å². The molecule has 0 unspecified atom stereocenters. The molecule has 21 heavy (non-hydrogen) atoms. The Morgan fingerprint density at radius 1 is 1.24 bits per heavy atom. The standard InChI is InChI=1S/C12H15NO7S/c14-9-1-2-10(15)13(9)7-8-3-5-12(6-4-8,11(16)17)21(18,19)20/h1-2,8H,3-7H2,(H,16,17)(H,18,19,20). The number of carbonyl (C=O) groups is 3. The summed E-state index contributed by atoms with van der Waals surface area (Å²) in [5.41, 5.74) is 0. The van der Waals surface area contributed by atoms with Crippen molar-refractivity contribution in [2.24, 2.45) is 5.92 Å². The van der Waals surface area contributed by atoms with Crippen LogP contribution in [0.2, 0.25) is 0 Å².